The number of pyridine rings is 1. The number of hydrogen-bond donors (Lipinski definition) is 2. The Labute approximate surface area is 122 Å². The van der Waals surface area contributed by atoms with Gasteiger partial charge in [0.05, 0.1) is 5.69 Å². The van der Waals surface area contributed by atoms with Crippen LogP contribution in [0.4, 0.5) is 0 Å². The highest BCUT2D eigenvalue weighted by Crippen LogP contribution is 2.22. The van der Waals surface area contributed by atoms with Crippen molar-refractivity contribution in [3.8, 4) is 11.4 Å². The summed E-state index contributed by atoms with van der Waals surface area (Å²) in [6, 6.07) is 3.74. The van der Waals surface area contributed by atoms with Gasteiger partial charge >= 0.3 is 5.97 Å². The summed E-state index contributed by atoms with van der Waals surface area (Å²) in [4.78, 5) is 24.6. The van der Waals surface area contributed by atoms with E-state index in [9.17, 15) is 9.90 Å². The molecule has 0 unspecified atom stereocenters. The Morgan fingerprint density at radius 1 is 1.19 bits per heavy atom. The van der Waals surface area contributed by atoms with Gasteiger partial charge in [0.25, 0.3) is 0 Å². The highest BCUT2D eigenvalue weighted by atomic mass is 16.4. The number of hydrogen-bond acceptors (Lipinski definition) is 5. The lowest BCUT2D eigenvalue weighted by Crippen LogP contribution is -2.27. The van der Waals surface area contributed by atoms with Crippen molar-refractivity contribution in [1.29, 1.82) is 0 Å². The van der Waals surface area contributed by atoms with Gasteiger partial charge in [0.15, 0.2) is 11.5 Å². The van der Waals surface area contributed by atoms with Crippen LogP contribution < -0.4 is 5.32 Å². The number of fused-ring (bicyclic) bond motifs is 1. The molecule has 0 fully saturated rings. The van der Waals surface area contributed by atoms with E-state index in [0.29, 0.717) is 18.8 Å². The number of aromatic nitrogens is 3. The molecule has 21 heavy (non-hydrogen) atoms. The zero-order valence-corrected chi connectivity index (χ0v) is 12.0. The molecule has 0 aromatic carbocycles. The standard InChI is InChI=1S/C15H16N4O2/c1-8-5-10(6-9(2)17-8)14-18-12-7-16-4-3-11(12)13(19-14)15(20)21/h5-6,16H,3-4,7H2,1-2H3,(H,20,21). The number of carboxylic acid groups (broad SMARTS) is 1. The zero-order valence-electron chi connectivity index (χ0n) is 12.0. The summed E-state index contributed by atoms with van der Waals surface area (Å²) in [6.45, 7) is 5.13. The highest BCUT2D eigenvalue weighted by Gasteiger charge is 2.22. The summed E-state index contributed by atoms with van der Waals surface area (Å²) in [7, 11) is 0. The van der Waals surface area contributed by atoms with Crippen LogP contribution in [0.5, 0.6) is 0 Å². The second-order valence-corrected chi connectivity index (χ2v) is 5.19. The number of aromatic carboxylic acids is 1. The number of nitrogens with zero attached hydrogens (tertiary/aromatic N) is 3. The summed E-state index contributed by atoms with van der Waals surface area (Å²) < 4.78 is 0. The lowest BCUT2D eigenvalue weighted by molar-refractivity contribution is 0.0688. The van der Waals surface area contributed by atoms with E-state index in [2.05, 4.69) is 20.3 Å². The molecule has 6 nitrogen and oxygen atoms in total. The maximum Gasteiger partial charge on any atom is 0.354 e. The first-order valence-corrected chi connectivity index (χ1v) is 6.84. The van der Waals surface area contributed by atoms with Crippen molar-refractivity contribution in [3.63, 3.8) is 0 Å². The second kappa shape index (κ2) is 5.21. The first-order chi connectivity index (χ1) is 10.0. The Balaban J connectivity index is 2.19. The molecule has 0 radical (unpaired) electrons. The summed E-state index contributed by atoms with van der Waals surface area (Å²) >= 11 is 0. The van der Waals surface area contributed by atoms with Crippen molar-refractivity contribution in [2.24, 2.45) is 0 Å². The molecule has 6 heteroatoms. The fourth-order valence-electron chi connectivity index (χ4n) is 2.63. The molecular weight excluding hydrogens is 268 g/mol. The number of carboxylic acids is 1. The summed E-state index contributed by atoms with van der Waals surface area (Å²) in [5.41, 5.74) is 4.16. The monoisotopic (exact) mass is 284 g/mol. The molecule has 0 amide bonds. The minimum absolute atomic E-state index is 0.114. The van der Waals surface area contributed by atoms with Crippen LogP contribution in [0, 0.1) is 13.8 Å². The van der Waals surface area contributed by atoms with Crippen LogP contribution in [0.2, 0.25) is 0 Å². The van der Waals surface area contributed by atoms with Crippen molar-refractivity contribution in [1.82, 2.24) is 20.3 Å². The molecule has 0 bridgehead atoms. The highest BCUT2D eigenvalue weighted by molar-refractivity contribution is 5.88. The van der Waals surface area contributed by atoms with E-state index in [1.54, 1.807) is 0 Å². The molecule has 0 spiro atoms. The molecular formula is C15H16N4O2. The van der Waals surface area contributed by atoms with Crippen molar-refractivity contribution in [2.45, 2.75) is 26.8 Å². The van der Waals surface area contributed by atoms with E-state index < -0.39 is 5.97 Å². The van der Waals surface area contributed by atoms with Crippen LogP contribution in [0.25, 0.3) is 11.4 Å². The predicted molar refractivity (Wildman–Crippen MR) is 77.1 cm³/mol. The van der Waals surface area contributed by atoms with Gasteiger partial charge in [0.2, 0.25) is 0 Å². The molecule has 0 saturated carbocycles. The van der Waals surface area contributed by atoms with Crippen LogP contribution in [0.15, 0.2) is 12.1 Å². The number of nitrogens with one attached hydrogen (secondary N) is 1. The molecule has 3 heterocycles. The third-order valence-electron chi connectivity index (χ3n) is 3.48. The van der Waals surface area contributed by atoms with Crippen LogP contribution in [0.1, 0.15) is 33.1 Å². The third kappa shape index (κ3) is 2.62. The summed E-state index contributed by atoms with van der Waals surface area (Å²) in [5, 5.41) is 12.6. The van der Waals surface area contributed by atoms with Gasteiger partial charge in [-0.15, -0.1) is 0 Å². The van der Waals surface area contributed by atoms with Crippen molar-refractivity contribution >= 4 is 5.97 Å². The molecule has 0 aliphatic carbocycles. The molecule has 2 aromatic rings. The van der Waals surface area contributed by atoms with E-state index in [4.69, 9.17) is 0 Å². The molecule has 3 rings (SSSR count). The van der Waals surface area contributed by atoms with Crippen molar-refractivity contribution in [2.75, 3.05) is 6.54 Å². The third-order valence-corrected chi connectivity index (χ3v) is 3.48. The van der Waals surface area contributed by atoms with Gasteiger partial charge in [0, 0.05) is 29.1 Å². The van der Waals surface area contributed by atoms with Gasteiger partial charge in [-0.3, -0.25) is 4.98 Å². The average molecular weight is 284 g/mol. The number of rotatable bonds is 2. The number of carbonyl (C=O) groups is 1. The van der Waals surface area contributed by atoms with Gasteiger partial charge in [0.1, 0.15) is 0 Å². The molecule has 108 valence electrons. The minimum Gasteiger partial charge on any atom is -0.476 e. The van der Waals surface area contributed by atoms with Gasteiger partial charge < -0.3 is 10.4 Å². The number of aryl methyl sites for hydroxylation is 2. The Morgan fingerprint density at radius 2 is 1.90 bits per heavy atom. The zero-order chi connectivity index (χ0) is 15.0. The molecule has 2 N–H and O–H groups in total. The Kier molecular flexibility index (Phi) is 3.39. The van der Waals surface area contributed by atoms with Gasteiger partial charge in [-0.05, 0) is 38.9 Å². The SMILES string of the molecule is Cc1cc(-c2nc3c(c(C(=O)O)n2)CCNC3)cc(C)n1. The maximum absolute atomic E-state index is 11.5. The van der Waals surface area contributed by atoms with Crippen LogP contribution >= 0.6 is 0 Å². The summed E-state index contributed by atoms with van der Waals surface area (Å²) in [6.07, 6.45) is 0.644. The fraction of sp³-hybridized carbons (Fsp3) is 0.333. The Hall–Kier alpha value is -2.34. The van der Waals surface area contributed by atoms with E-state index in [1.807, 2.05) is 26.0 Å². The minimum atomic E-state index is -1.00. The summed E-state index contributed by atoms with van der Waals surface area (Å²) in [5.74, 6) is -0.553. The van der Waals surface area contributed by atoms with Crippen molar-refractivity contribution < 1.29 is 9.90 Å². The lowest BCUT2D eigenvalue weighted by atomic mass is 10.0. The van der Waals surface area contributed by atoms with Gasteiger partial charge in [-0.25, -0.2) is 14.8 Å². The Morgan fingerprint density at radius 3 is 2.57 bits per heavy atom. The van der Waals surface area contributed by atoms with Gasteiger partial charge in [-0.2, -0.15) is 0 Å². The lowest BCUT2D eigenvalue weighted by Gasteiger charge is -2.18. The van der Waals surface area contributed by atoms with E-state index in [-0.39, 0.29) is 5.69 Å². The molecule has 0 atom stereocenters. The molecule has 1 aliphatic rings. The maximum atomic E-state index is 11.5. The van der Waals surface area contributed by atoms with E-state index in [0.717, 1.165) is 34.8 Å². The average Bonchev–Trinajstić information content (AvgIpc) is 2.45. The topological polar surface area (TPSA) is 88.0 Å². The van der Waals surface area contributed by atoms with Crippen molar-refractivity contribution in [3.05, 3.63) is 40.5 Å². The molecule has 0 saturated heterocycles. The van der Waals surface area contributed by atoms with Crippen LogP contribution in [-0.2, 0) is 13.0 Å². The van der Waals surface area contributed by atoms with Gasteiger partial charge in [-0.1, -0.05) is 0 Å². The largest absolute Gasteiger partial charge is 0.476 e. The van der Waals surface area contributed by atoms with E-state index in [1.165, 1.54) is 0 Å². The second-order valence-electron chi connectivity index (χ2n) is 5.19. The smallest absolute Gasteiger partial charge is 0.354 e. The molecule has 2 aromatic heterocycles. The normalized spacial score (nSPS) is 13.8. The fourth-order valence-corrected chi connectivity index (χ4v) is 2.63. The first-order valence-electron chi connectivity index (χ1n) is 6.84. The van der Waals surface area contributed by atoms with Crippen LogP contribution in [-0.4, -0.2) is 32.6 Å². The first kappa shape index (κ1) is 13.6. The van der Waals surface area contributed by atoms with E-state index >= 15 is 0 Å². The quantitative estimate of drug-likeness (QED) is 0.869. The Bertz CT molecular complexity index is 708. The molecule has 1 aliphatic heterocycles. The predicted octanol–water partition coefficient (Wildman–Crippen LogP) is 1.50. The van der Waals surface area contributed by atoms with Crippen LogP contribution in [0.3, 0.4) is 0 Å².